The minimum atomic E-state index is -1.23. The number of rotatable bonds is 7. The largest absolute Gasteiger partial charge is 0.496 e. The molecule has 0 unspecified atom stereocenters. The number of Topliss-reactive ketones (excluding diaryl/α,β-unsaturated/α-hetero) is 1. The van der Waals surface area contributed by atoms with Gasteiger partial charge in [-0.1, -0.05) is 26.3 Å². The molecule has 1 fully saturated rings. The fraction of sp³-hybridized carbons (Fsp3) is 0.412. The summed E-state index contributed by atoms with van der Waals surface area (Å²) in [6, 6.07) is 6.49. The lowest BCUT2D eigenvalue weighted by molar-refractivity contribution is -0.127. The van der Waals surface area contributed by atoms with Crippen molar-refractivity contribution in [3.8, 4) is 17.0 Å². The number of pyridine rings is 1. The number of methoxy groups -OCH3 is 1. The van der Waals surface area contributed by atoms with Crippen molar-refractivity contribution in [2.75, 3.05) is 19.4 Å². The summed E-state index contributed by atoms with van der Waals surface area (Å²) in [5.74, 6) is -0.297. The minimum Gasteiger partial charge on any atom is -0.496 e. The fourth-order valence-electron chi connectivity index (χ4n) is 7.47. The van der Waals surface area contributed by atoms with Crippen LogP contribution in [0.2, 0.25) is 0 Å². The molecule has 43 heavy (non-hydrogen) atoms. The predicted octanol–water partition coefficient (Wildman–Crippen LogP) is 5.55. The Morgan fingerprint density at radius 2 is 1.98 bits per heavy atom. The van der Waals surface area contributed by atoms with Crippen LogP contribution in [0, 0.1) is 18.3 Å². The second kappa shape index (κ2) is 10.4. The van der Waals surface area contributed by atoms with Gasteiger partial charge in [0.1, 0.15) is 17.3 Å². The summed E-state index contributed by atoms with van der Waals surface area (Å²) in [5.41, 5.74) is 9.07. The number of amides is 1. The van der Waals surface area contributed by atoms with Crippen LogP contribution in [0.1, 0.15) is 73.5 Å². The number of aromatic nitrogens is 1. The normalized spacial score (nSPS) is 22.4. The van der Waals surface area contributed by atoms with E-state index < -0.39 is 11.9 Å². The number of ketones is 1. The van der Waals surface area contributed by atoms with Crippen LogP contribution < -0.4 is 10.5 Å². The molecule has 3 heterocycles. The summed E-state index contributed by atoms with van der Waals surface area (Å²) in [5, 5.41) is 9.67. The zero-order valence-electron chi connectivity index (χ0n) is 25.0. The maximum absolute atomic E-state index is 14.3. The van der Waals surface area contributed by atoms with Gasteiger partial charge in [-0.15, -0.1) is 6.58 Å². The lowest BCUT2D eigenvalue weighted by Crippen LogP contribution is -2.40. The number of carboxylic acid groups (broad SMARTS) is 1. The third kappa shape index (κ3) is 4.36. The Morgan fingerprint density at radius 1 is 1.23 bits per heavy atom. The number of ether oxygens (including phenoxy) is 2. The third-order valence-corrected chi connectivity index (χ3v) is 9.60. The van der Waals surface area contributed by atoms with Crippen LogP contribution in [0.25, 0.3) is 11.3 Å². The van der Waals surface area contributed by atoms with Gasteiger partial charge in [0.2, 0.25) is 0 Å². The van der Waals surface area contributed by atoms with E-state index in [2.05, 4.69) is 25.4 Å². The van der Waals surface area contributed by atoms with E-state index in [-0.39, 0.29) is 40.4 Å². The van der Waals surface area contributed by atoms with Crippen molar-refractivity contribution in [2.24, 2.45) is 11.3 Å². The van der Waals surface area contributed by atoms with E-state index in [1.165, 1.54) is 6.07 Å². The topological polar surface area (TPSA) is 132 Å². The number of carboxylic acids is 1. The molecule has 2 aromatic rings. The Bertz CT molecular complexity index is 1650. The number of hydrogen-bond donors (Lipinski definition) is 2. The molecule has 9 nitrogen and oxygen atoms in total. The van der Waals surface area contributed by atoms with E-state index in [1.54, 1.807) is 30.2 Å². The molecular weight excluding hydrogens is 546 g/mol. The second-order valence-electron chi connectivity index (χ2n) is 12.5. The molecule has 1 saturated carbocycles. The molecule has 2 atom stereocenters. The van der Waals surface area contributed by atoms with Gasteiger partial charge in [-0.2, -0.15) is 0 Å². The Balaban J connectivity index is 1.61. The van der Waals surface area contributed by atoms with Gasteiger partial charge in [0, 0.05) is 36.1 Å². The molecule has 2 aliphatic heterocycles. The van der Waals surface area contributed by atoms with Crippen LogP contribution >= 0.6 is 0 Å². The maximum atomic E-state index is 14.3. The smallest absolute Gasteiger partial charge is 0.356 e. The molecular formula is C34H37N3O6. The van der Waals surface area contributed by atoms with Crippen LogP contribution in [0.15, 0.2) is 59.6 Å². The Labute approximate surface area is 251 Å². The number of anilines is 1. The van der Waals surface area contributed by atoms with Gasteiger partial charge in [0.05, 0.1) is 36.0 Å². The number of allylic oxidation sites excluding steroid dienone is 2. The van der Waals surface area contributed by atoms with Gasteiger partial charge < -0.3 is 25.2 Å². The van der Waals surface area contributed by atoms with Crippen molar-refractivity contribution in [3.63, 3.8) is 0 Å². The molecule has 1 aromatic heterocycles. The van der Waals surface area contributed by atoms with E-state index in [0.29, 0.717) is 64.6 Å². The van der Waals surface area contributed by atoms with Crippen LogP contribution in [0.4, 0.5) is 5.69 Å². The molecule has 3 N–H and O–H groups in total. The molecule has 1 spiro atoms. The number of nitrogens with zero attached hydrogens (tertiary/aromatic N) is 2. The molecule has 224 valence electrons. The minimum absolute atomic E-state index is 0.000744. The number of carbonyl (C=O) groups excluding carboxylic acids is 2. The Morgan fingerprint density at radius 3 is 2.58 bits per heavy atom. The van der Waals surface area contributed by atoms with E-state index in [0.717, 1.165) is 24.8 Å². The quantitative estimate of drug-likeness (QED) is 0.405. The van der Waals surface area contributed by atoms with Crippen LogP contribution in [-0.4, -0.2) is 52.3 Å². The van der Waals surface area contributed by atoms with Crippen molar-refractivity contribution >= 4 is 23.3 Å². The average molecular weight is 584 g/mol. The zero-order valence-corrected chi connectivity index (χ0v) is 25.0. The number of aromatic carboxylic acids is 1. The van der Waals surface area contributed by atoms with Crippen molar-refractivity contribution in [1.82, 2.24) is 9.88 Å². The van der Waals surface area contributed by atoms with Gasteiger partial charge in [-0.05, 0) is 60.9 Å². The highest BCUT2D eigenvalue weighted by Gasteiger charge is 2.55. The first-order valence-corrected chi connectivity index (χ1v) is 14.8. The highest BCUT2D eigenvalue weighted by molar-refractivity contribution is 6.07. The molecule has 9 heteroatoms. The molecule has 1 amide bonds. The zero-order chi connectivity index (χ0) is 30.8. The highest BCUT2D eigenvalue weighted by atomic mass is 16.5. The highest BCUT2D eigenvalue weighted by Crippen LogP contribution is 2.59. The first-order chi connectivity index (χ1) is 20.5. The van der Waals surface area contributed by atoms with Crippen molar-refractivity contribution < 1.29 is 29.0 Å². The molecule has 2 aliphatic carbocycles. The fourth-order valence-corrected chi connectivity index (χ4v) is 7.47. The summed E-state index contributed by atoms with van der Waals surface area (Å²) in [6.07, 6.45) is 5.85. The van der Waals surface area contributed by atoms with Crippen molar-refractivity contribution in [1.29, 1.82) is 0 Å². The van der Waals surface area contributed by atoms with Gasteiger partial charge >= 0.3 is 5.97 Å². The third-order valence-electron chi connectivity index (χ3n) is 9.60. The van der Waals surface area contributed by atoms with Crippen LogP contribution in [0.3, 0.4) is 0 Å². The second-order valence-corrected chi connectivity index (χ2v) is 12.5. The summed E-state index contributed by atoms with van der Waals surface area (Å²) in [4.78, 5) is 46.4. The van der Waals surface area contributed by atoms with Crippen molar-refractivity contribution in [2.45, 2.75) is 64.8 Å². The molecule has 4 aliphatic rings. The van der Waals surface area contributed by atoms with Gasteiger partial charge in [0.25, 0.3) is 5.91 Å². The number of nitrogen functional groups attached to an aromatic ring is 1. The summed E-state index contributed by atoms with van der Waals surface area (Å²) in [7, 11) is 1.56. The first-order valence-electron chi connectivity index (χ1n) is 14.8. The van der Waals surface area contributed by atoms with E-state index in [9.17, 15) is 19.5 Å². The standard InChI is InChI=1S/C34H37N3O6/c1-6-14-37-30(17(2)3)31-28(32(37)39)27(26-22(38)15-34(12-7-13-34)16-24(26)43-31)25-18(4)19(8-11-23(25)42-5)21-10-9-20(35)29(36-21)33(40)41/h6,8-11,17,27,30H,1,7,12-16,35H2,2-5H3,(H,40,41)/t27-,30+/m0/s1. The summed E-state index contributed by atoms with van der Waals surface area (Å²) < 4.78 is 12.6. The Hall–Kier alpha value is -4.40. The maximum Gasteiger partial charge on any atom is 0.356 e. The number of benzene rings is 1. The number of hydrogen-bond acceptors (Lipinski definition) is 7. The molecule has 1 aromatic carbocycles. The lowest BCUT2D eigenvalue weighted by atomic mass is 9.58. The van der Waals surface area contributed by atoms with Crippen LogP contribution in [0.5, 0.6) is 5.75 Å². The van der Waals surface area contributed by atoms with E-state index in [4.69, 9.17) is 15.2 Å². The Kier molecular flexibility index (Phi) is 6.94. The monoisotopic (exact) mass is 583 g/mol. The molecule has 6 rings (SSSR count). The van der Waals surface area contributed by atoms with Crippen LogP contribution in [-0.2, 0) is 14.3 Å². The van der Waals surface area contributed by atoms with E-state index >= 15 is 0 Å². The molecule has 0 bridgehead atoms. The first kappa shape index (κ1) is 28.7. The van der Waals surface area contributed by atoms with E-state index in [1.807, 2.05) is 13.0 Å². The summed E-state index contributed by atoms with van der Waals surface area (Å²) in [6.45, 7) is 10.2. The predicted molar refractivity (Wildman–Crippen MR) is 161 cm³/mol. The van der Waals surface area contributed by atoms with Gasteiger partial charge in [0.15, 0.2) is 11.5 Å². The van der Waals surface area contributed by atoms with Gasteiger partial charge in [-0.3, -0.25) is 9.59 Å². The number of nitrogens with two attached hydrogens (primary N) is 1. The number of carbonyl (C=O) groups is 3. The average Bonchev–Trinajstić information content (AvgIpc) is 3.22. The molecule has 0 radical (unpaired) electrons. The molecule has 0 saturated heterocycles. The van der Waals surface area contributed by atoms with Crippen molar-refractivity contribution in [3.05, 3.63) is 76.4 Å². The van der Waals surface area contributed by atoms with Gasteiger partial charge in [-0.25, -0.2) is 9.78 Å². The summed E-state index contributed by atoms with van der Waals surface area (Å²) >= 11 is 0. The SMILES string of the molecule is C=CCN1C(=O)C2=C(OC3=C(C(=O)CC4(CCC4)C3)[C@@H]2c2c(OC)ccc(-c3ccc(N)c(C(=O)O)n3)c2C)[C@H]1C(C)C. The lowest BCUT2D eigenvalue weighted by Gasteiger charge is -2.47.